The third kappa shape index (κ3) is 2.50. The highest BCUT2D eigenvalue weighted by molar-refractivity contribution is 7.07. The monoisotopic (exact) mass is 276 g/mol. The summed E-state index contributed by atoms with van der Waals surface area (Å²) in [6.07, 6.45) is 0. The van der Waals surface area contributed by atoms with Crippen molar-refractivity contribution in [3.05, 3.63) is 34.2 Å². The lowest BCUT2D eigenvalue weighted by Crippen LogP contribution is -1.99. The summed E-state index contributed by atoms with van der Waals surface area (Å²) in [7, 11) is 0. The van der Waals surface area contributed by atoms with E-state index in [0.717, 1.165) is 22.8 Å². The van der Waals surface area contributed by atoms with Crippen LogP contribution in [-0.4, -0.2) is 15.2 Å². The van der Waals surface area contributed by atoms with Crippen molar-refractivity contribution in [3.63, 3.8) is 0 Å². The molecule has 0 aliphatic heterocycles. The van der Waals surface area contributed by atoms with Gasteiger partial charge in [0, 0.05) is 5.38 Å². The molecular weight excluding hydrogens is 264 g/mol. The maximum atomic E-state index is 5.54. The van der Waals surface area contributed by atoms with Crippen LogP contribution >= 0.6 is 11.3 Å². The number of aryl methyl sites for hydroxylation is 2. The molecule has 0 fully saturated rings. The maximum absolute atomic E-state index is 5.54. The van der Waals surface area contributed by atoms with Crippen LogP contribution in [0.1, 0.15) is 17.2 Å². The predicted octanol–water partition coefficient (Wildman–Crippen LogP) is 3.02. The first kappa shape index (κ1) is 11.9. The van der Waals surface area contributed by atoms with E-state index in [-0.39, 0.29) is 0 Å². The van der Waals surface area contributed by atoms with Gasteiger partial charge in [-0.1, -0.05) is 5.10 Å². The summed E-state index contributed by atoms with van der Waals surface area (Å²) in [5.41, 5.74) is 3.56. The third-order valence-electron chi connectivity index (χ3n) is 2.60. The second-order valence-electron chi connectivity index (χ2n) is 4.07. The number of hydrogen-bond donors (Lipinski definition) is 1. The fourth-order valence-electron chi connectivity index (χ4n) is 1.74. The van der Waals surface area contributed by atoms with E-state index in [0.29, 0.717) is 18.5 Å². The molecule has 0 saturated carbocycles. The standard InChI is InChI=1S/C12H12N4O2S/c1-7-3-10(8(2)17-7)11-15-16-12(18-11)13-4-9-5-19-6-14-9/h3,5-6H,4H2,1-2H3,(H,13,16). The van der Waals surface area contributed by atoms with Crippen LogP contribution in [0, 0.1) is 13.8 Å². The van der Waals surface area contributed by atoms with E-state index < -0.39 is 0 Å². The van der Waals surface area contributed by atoms with Crippen LogP contribution in [0.4, 0.5) is 6.01 Å². The number of anilines is 1. The first-order valence-corrected chi connectivity index (χ1v) is 6.68. The van der Waals surface area contributed by atoms with Crippen molar-refractivity contribution >= 4 is 17.4 Å². The maximum Gasteiger partial charge on any atom is 0.316 e. The van der Waals surface area contributed by atoms with E-state index in [2.05, 4.69) is 20.5 Å². The molecule has 0 unspecified atom stereocenters. The third-order valence-corrected chi connectivity index (χ3v) is 3.24. The van der Waals surface area contributed by atoms with Gasteiger partial charge in [0.2, 0.25) is 0 Å². The molecule has 0 aliphatic carbocycles. The largest absolute Gasteiger partial charge is 0.466 e. The van der Waals surface area contributed by atoms with E-state index in [1.807, 2.05) is 25.3 Å². The average Bonchev–Trinajstić information content (AvgIpc) is 3.08. The molecule has 0 saturated heterocycles. The topological polar surface area (TPSA) is 77.0 Å². The van der Waals surface area contributed by atoms with E-state index in [1.165, 1.54) is 0 Å². The van der Waals surface area contributed by atoms with E-state index >= 15 is 0 Å². The molecule has 0 amide bonds. The molecule has 3 rings (SSSR count). The van der Waals surface area contributed by atoms with Crippen molar-refractivity contribution in [2.45, 2.75) is 20.4 Å². The molecule has 7 heteroatoms. The Morgan fingerprint density at radius 3 is 2.84 bits per heavy atom. The molecule has 3 aromatic heterocycles. The average molecular weight is 276 g/mol. The minimum atomic E-state index is 0.376. The molecule has 0 aromatic carbocycles. The zero-order chi connectivity index (χ0) is 13.2. The molecule has 0 atom stereocenters. The SMILES string of the molecule is Cc1cc(-c2nnc(NCc3cscn3)o2)c(C)o1. The van der Waals surface area contributed by atoms with Gasteiger partial charge in [0.25, 0.3) is 5.89 Å². The van der Waals surface area contributed by atoms with Crippen LogP contribution in [0.25, 0.3) is 11.5 Å². The molecule has 98 valence electrons. The molecule has 3 aromatic rings. The van der Waals surface area contributed by atoms with Gasteiger partial charge in [-0.3, -0.25) is 0 Å². The van der Waals surface area contributed by atoms with Gasteiger partial charge in [0.15, 0.2) is 0 Å². The number of nitrogens with zero attached hydrogens (tertiary/aromatic N) is 3. The van der Waals surface area contributed by atoms with Crippen LogP contribution in [0.5, 0.6) is 0 Å². The highest BCUT2D eigenvalue weighted by Gasteiger charge is 2.14. The Balaban J connectivity index is 1.74. The van der Waals surface area contributed by atoms with E-state index in [4.69, 9.17) is 8.83 Å². The van der Waals surface area contributed by atoms with E-state index in [1.54, 1.807) is 16.8 Å². The fraction of sp³-hybridized carbons (Fsp3) is 0.250. The zero-order valence-electron chi connectivity index (χ0n) is 10.5. The van der Waals surface area contributed by atoms with Crippen molar-refractivity contribution in [1.29, 1.82) is 0 Å². The molecule has 19 heavy (non-hydrogen) atoms. The minimum absolute atomic E-state index is 0.376. The first-order valence-electron chi connectivity index (χ1n) is 5.74. The number of hydrogen-bond acceptors (Lipinski definition) is 7. The van der Waals surface area contributed by atoms with Crippen molar-refractivity contribution in [1.82, 2.24) is 15.2 Å². The molecule has 3 heterocycles. The van der Waals surface area contributed by atoms with Crippen LogP contribution in [0.15, 0.2) is 25.8 Å². The molecule has 0 aliphatic rings. The second kappa shape index (κ2) is 4.85. The zero-order valence-corrected chi connectivity index (χ0v) is 11.3. The van der Waals surface area contributed by atoms with Gasteiger partial charge >= 0.3 is 6.01 Å². The van der Waals surface area contributed by atoms with Crippen molar-refractivity contribution in [3.8, 4) is 11.5 Å². The lowest BCUT2D eigenvalue weighted by atomic mass is 10.2. The van der Waals surface area contributed by atoms with Crippen LogP contribution in [0.3, 0.4) is 0 Å². The lowest BCUT2D eigenvalue weighted by molar-refractivity contribution is 0.503. The number of furan rings is 1. The normalized spacial score (nSPS) is 10.8. The summed E-state index contributed by atoms with van der Waals surface area (Å²) in [4.78, 5) is 4.16. The molecule has 0 radical (unpaired) electrons. The Kier molecular flexibility index (Phi) is 3.04. The van der Waals surface area contributed by atoms with Gasteiger partial charge in [0.05, 0.1) is 23.3 Å². The summed E-state index contributed by atoms with van der Waals surface area (Å²) in [6.45, 7) is 4.32. The minimum Gasteiger partial charge on any atom is -0.466 e. The Labute approximate surface area is 113 Å². The van der Waals surface area contributed by atoms with Crippen molar-refractivity contribution in [2.75, 3.05) is 5.32 Å². The Hall–Kier alpha value is -2.15. The van der Waals surface area contributed by atoms with Crippen molar-refractivity contribution in [2.24, 2.45) is 0 Å². The van der Waals surface area contributed by atoms with E-state index in [9.17, 15) is 0 Å². The van der Waals surface area contributed by atoms with Crippen LogP contribution < -0.4 is 5.32 Å². The van der Waals surface area contributed by atoms with Gasteiger partial charge in [0.1, 0.15) is 11.5 Å². The Morgan fingerprint density at radius 1 is 1.26 bits per heavy atom. The number of rotatable bonds is 4. The van der Waals surface area contributed by atoms with Gasteiger partial charge in [-0.2, -0.15) is 0 Å². The van der Waals surface area contributed by atoms with Gasteiger partial charge in [-0.15, -0.1) is 16.4 Å². The molecular formula is C12H12N4O2S. The fourth-order valence-corrected chi connectivity index (χ4v) is 2.30. The number of aromatic nitrogens is 3. The smallest absolute Gasteiger partial charge is 0.316 e. The van der Waals surface area contributed by atoms with Crippen molar-refractivity contribution < 1.29 is 8.83 Å². The summed E-state index contributed by atoms with van der Waals surface area (Å²) in [5, 5.41) is 13.0. The highest BCUT2D eigenvalue weighted by Crippen LogP contribution is 2.26. The van der Waals surface area contributed by atoms with Gasteiger partial charge in [-0.25, -0.2) is 4.98 Å². The van der Waals surface area contributed by atoms with Gasteiger partial charge in [-0.05, 0) is 19.9 Å². The first-order chi connectivity index (χ1) is 9.22. The molecule has 1 N–H and O–H groups in total. The lowest BCUT2D eigenvalue weighted by Gasteiger charge is -1.96. The Bertz CT molecular complexity index is 672. The quantitative estimate of drug-likeness (QED) is 0.789. The summed E-state index contributed by atoms with van der Waals surface area (Å²) >= 11 is 1.55. The predicted molar refractivity (Wildman–Crippen MR) is 70.9 cm³/mol. The second-order valence-corrected chi connectivity index (χ2v) is 4.79. The Morgan fingerprint density at radius 2 is 2.16 bits per heavy atom. The van der Waals surface area contributed by atoms with Gasteiger partial charge < -0.3 is 14.2 Å². The summed E-state index contributed by atoms with van der Waals surface area (Å²) in [5.74, 6) is 2.05. The van der Waals surface area contributed by atoms with Crippen LogP contribution in [-0.2, 0) is 6.54 Å². The number of nitrogens with one attached hydrogen (secondary N) is 1. The molecule has 6 nitrogen and oxygen atoms in total. The molecule has 0 spiro atoms. The highest BCUT2D eigenvalue weighted by atomic mass is 32.1. The summed E-state index contributed by atoms with van der Waals surface area (Å²) in [6, 6.07) is 2.26. The number of thiazole rings is 1. The summed E-state index contributed by atoms with van der Waals surface area (Å²) < 4.78 is 11.0. The molecule has 0 bridgehead atoms. The van der Waals surface area contributed by atoms with Crippen LogP contribution in [0.2, 0.25) is 0 Å².